The second kappa shape index (κ2) is 4.11. The monoisotopic (exact) mass is 236 g/mol. The molecular weight excluding hydrogens is 224 g/mol. The van der Waals surface area contributed by atoms with Gasteiger partial charge in [0.2, 0.25) is 0 Å². The highest BCUT2D eigenvalue weighted by Gasteiger charge is 2.25. The number of halogens is 1. The number of ether oxygens (including phenoxy) is 1. The molecule has 84 valence electrons. The summed E-state index contributed by atoms with van der Waals surface area (Å²) in [6.07, 6.45) is 1.78. The summed E-state index contributed by atoms with van der Waals surface area (Å²) in [5, 5.41) is 1.32. The first-order valence-electron chi connectivity index (χ1n) is 5.57. The van der Waals surface area contributed by atoms with Crippen molar-refractivity contribution in [3.05, 3.63) is 36.1 Å². The van der Waals surface area contributed by atoms with E-state index in [4.69, 9.17) is 20.8 Å². The van der Waals surface area contributed by atoms with Crippen LogP contribution < -0.4 is 0 Å². The van der Waals surface area contributed by atoms with E-state index in [-0.39, 0.29) is 11.5 Å². The third-order valence-electron chi connectivity index (χ3n) is 2.98. The van der Waals surface area contributed by atoms with Crippen LogP contribution in [0, 0.1) is 0 Å². The fourth-order valence-electron chi connectivity index (χ4n) is 2.12. The summed E-state index contributed by atoms with van der Waals surface area (Å²) in [7, 11) is 0. The molecule has 1 fully saturated rings. The van der Waals surface area contributed by atoms with Crippen LogP contribution in [-0.4, -0.2) is 12.0 Å². The molecule has 0 amide bonds. The molecule has 0 bridgehead atoms. The summed E-state index contributed by atoms with van der Waals surface area (Å²) >= 11 is 6.14. The van der Waals surface area contributed by atoms with Crippen molar-refractivity contribution >= 4 is 22.6 Å². The van der Waals surface area contributed by atoms with Gasteiger partial charge in [0, 0.05) is 17.4 Å². The number of rotatable bonds is 1. The standard InChI is InChI=1S/C13H13ClO2/c14-10-5-6-15-12(8-10)13-7-9-3-1-2-4-11(9)16-13/h1-4,7,10,12H,5-6,8H2. The first-order valence-corrected chi connectivity index (χ1v) is 6.01. The van der Waals surface area contributed by atoms with E-state index in [1.807, 2.05) is 24.3 Å². The lowest BCUT2D eigenvalue weighted by Crippen LogP contribution is -2.19. The van der Waals surface area contributed by atoms with Crippen molar-refractivity contribution in [1.82, 2.24) is 0 Å². The third-order valence-corrected chi connectivity index (χ3v) is 3.38. The molecule has 3 rings (SSSR count). The Bertz CT molecular complexity index is 458. The first-order chi connectivity index (χ1) is 7.83. The van der Waals surface area contributed by atoms with Gasteiger partial charge in [-0.15, -0.1) is 11.6 Å². The van der Waals surface area contributed by atoms with Crippen molar-refractivity contribution in [3.63, 3.8) is 0 Å². The number of furan rings is 1. The van der Waals surface area contributed by atoms with E-state index in [0.717, 1.165) is 36.2 Å². The minimum absolute atomic E-state index is 0.0173. The van der Waals surface area contributed by atoms with Crippen LogP contribution in [0.2, 0.25) is 0 Å². The summed E-state index contributed by atoms with van der Waals surface area (Å²) < 4.78 is 11.5. The van der Waals surface area contributed by atoms with Gasteiger partial charge >= 0.3 is 0 Å². The Kier molecular flexibility index (Phi) is 2.62. The molecule has 0 aliphatic carbocycles. The second-order valence-electron chi connectivity index (χ2n) is 4.17. The van der Waals surface area contributed by atoms with Crippen LogP contribution in [0.15, 0.2) is 34.7 Å². The highest BCUT2D eigenvalue weighted by atomic mass is 35.5. The van der Waals surface area contributed by atoms with Gasteiger partial charge in [0.1, 0.15) is 17.4 Å². The molecule has 2 nitrogen and oxygen atoms in total. The average molecular weight is 237 g/mol. The smallest absolute Gasteiger partial charge is 0.134 e. The zero-order valence-electron chi connectivity index (χ0n) is 8.86. The molecule has 0 spiro atoms. The van der Waals surface area contributed by atoms with Gasteiger partial charge in [-0.2, -0.15) is 0 Å². The fourth-order valence-corrected chi connectivity index (χ4v) is 2.37. The Labute approximate surface area is 99.1 Å². The van der Waals surface area contributed by atoms with Crippen molar-refractivity contribution < 1.29 is 9.15 Å². The van der Waals surface area contributed by atoms with Crippen LogP contribution in [-0.2, 0) is 4.74 Å². The van der Waals surface area contributed by atoms with Gasteiger partial charge in [-0.3, -0.25) is 0 Å². The van der Waals surface area contributed by atoms with E-state index >= 15 is 0 Å². The van der Waals surface area contributed by atoms with Crippen LogP contribution in [0.25, 0.3) is 11.0 Å². The van der Waals surface area contributed by atoms with E-state index in [1.165, 1.54) is 0 Å². The Morgan fingerprint density at radius 1 is 1.25 bits per heavy atom. The molecule has 2 heterocycles. The summed E-state index contributed by atoms with van der Waals surface area (Å²) in [6.45, 7) is 0.718. The Morgan fingerprint density at radius 3 is 2.94 bits per heavy atom. The molecule has 1 aliphatic heterocycles. The number of hydrogen-bond acceptors (Lipinski definition) is 2. The highest BCUT2D eigenvalue weighted by Crippen LogP contribution is 2.33. The number of benzene rings is 1. The van der Waals surface area contributed by atoms with Crippen molar-refractivity contribution in [2.24, 2.45) is 0 Å². The van der Waals surface area contributed by atoms with Crippen LogP contribution >= 0.6 is 11.6 Å². The molecule has 1 saturated heterocycles. The Hall–Kier alpha value is -0.990. The maximum Gasteiger partial charge on any atom is 0.134 e. The molecule has 16 heavy (non-hydrogen) atoms. The summed E-state index contributed by atoms with van der Waals surface area (Å²) in [4.78, 5) is 0. The number of alkyl halides is 1. The average Bonchev–Trinajstić information content (AvgIpc) is 2.72. The quantitative estimate of drug-likeness (QED) is 0.701. The lowest BCUT2D eigenvalue weighted by molar-refractivity contribution is 0.00458. The van der Waals surface area contributed by atoms with Crippen molar-refractivity contribution in [1.29, 1.82) is 0 Å². The Morgan fingerprint density at radius 2 is 2.12 bits per heavy atom. The van der Waals surface area contributed by atoms with Gasteiger partial charge in [-0.1, -0.05) is 18.2 Å². The number of para-hydroxylation sites is 1. The predicted octanol–water partition coefficient (Wildman–Crippen LogP) is 3.89. The van der Waals surface area contributed by atoms with Crippen molar-refractivity contribution in [2.75, 3.05) is 6.61 Å². The predicted molar refractivity (Wildman–Crippen MR) is 63.8 cm³/mol. The molecule has 2 atom stereocenters. The van der Waals surface area contributed by atoms with Crippen LogP contribution in [0.4, 0.5) is 0 Å². The van der Waals surface area contributed by atoms with Gasteiger partial charge in [0.15, 0.2) is 0 Å². The van der Waals surface area contributed by atoms with Gasteiger partial charge in [-0.25, -0.2) is 0 Å². The largest absolute Gasteiger partial charge is 0.458 e. The van der Waals surface area contributed by atoms with E-state index in [0.29, 0.717) is 0 Å². The number of hydrogen-bond donors (Lipinski definition) is 0. The van der Waals surface area contributed by atoms with Gasteiger partial charge in [-0.05, 0) is 25.0 Å². The van der Waals surface area contributed by atoms with Crippen LogP contribution in [0.1, 0.15) is 24.7 Å². The fraction of sp³-hybridized carbons (Fsp3) is 0.385. The molecule has 1 aliphatic rings. The van der Waals surface area contributed by atoms with Crippen molar-refractivity contribution in [3.8, 4) is 0 Å². The summed E-state index contributed by atoms with van der Waals surface area (Å²) in [6, 6.07) is 10.0. The van der Waals surface area contributed by atoms with E-state index in [1.54, 1.807) is 0 Å². The van der Waals surface area contributed by atoms with Gasteiger partial charge in [0.25, 0.3) is 0 Å². The van der Waals surface area contributed by atoms with E-state index in [2.05, 4.69) is 6.07 Å². The zero-order valence-corrected chi connectivity index (χ0v) is 9.61. The second-order valence-corrected chi connectivity index (χ2v) is 4.78. The van der Waals surface area contributed by atoms with Crippen LogP contribution in [0.5, 0.6) is 0 Å². The molecule has 0 saturated carbocycles. The maximum atomic E-state index is 6.14. The molecule has 0 N–H and O–H groups in total. The SMILES string of the molecule is ClC1CCOC(c2cc3ccccc3o2)C1. The summed E-state index contributed by atoms with van der Waals surface area (Å²) in [5.41, 5.74) is 0.915. The van der Waals surface area contributed by atoms with Gasteiger partial charge < -0.3 is 9.15 Å². The lowest BCUT2D eigenvalue weighted by Gasteiger charge is -2.24. The normalized spacial score (nSPS) is 26.1. The molecule has 1 aromatic carbocycles. The highest BCUT2D eigenvalue weighted by molar-refractivity contribution is 6.20. The maximum absolute atomic E-state index is 6.14. The third kappa shape index (κ3) is 1.83. The van der Waals surface area contributed by atoms with E-state index in [9.17, 15) is 0 Å². The minimum Gasteiger partial charge on any atom is -0.458 e. The molecular formula is C13H13ClO2. The topological polar surface area (TPSA) is 22.4 Å². The van der Waals surface area contributed by atoms with Crippen molar-refractivity contribution in [2.45, 2.75) is 24.3 Å². The molecule has 3 heteroatoms. The molecule has 1 aromatic heterocycles. The molecule has 2 aromatic rings. The first kappa shape index (κ1) is 10.2. The lowest BCUT2D eigenvalue weighted by atomic mass is 10.1. The van der Waals surface area contributed by atoms with E-state index < -0.39 is 0 Å². The zero-order chi connectivity index (χ0) is 11.0. The Balaban J connectivity index is 1.93. The molecule has 2 unspecified atom stereocenters. The molecule has 0 radical (unpaired) electrons. The minimum atomic E-state index is 0.0173. The van der Waals surface area contributed by atoms with Gasteiger partial charge in [0.05, 0.1) is 0 Å². The number of fused-ring (bicyclic) bond motifs is 1. The van der Waals surface area contributed by atoms with Crippen LogP contribution in [0.3, 0.4) is 0 Å². The summed E-state index contributed by atoms with van der Waals surface area (Å²) in [5.74, 6) is 0.895.